The highest BCUT2D eigenvalue weighted by Gasteiger charge is 2.14. The van der Waals surface area contributed by atoms with Gasteiger partial charge in [-0.2, -0.15) is 0 Å². The van der Waals surface area contributed by atoms with Crippen molar-refractivity contribution >= 4 is 29.0 Å². The Balaban J connectivity index is 1.80. The zero-order valence-corrected chi connectivity index (χ0v) is 17.0. The second-order valence-corrected chi connectivity index (χ2v) is 7.37. The number of benzene rings is 2. The van der Waals surface area contributed by atoms with Crippen LogP contribution in [0, 0.1) is 0 Å². The van der Waals surface area contributed by atoms with Gasteiger partial charge in [0, 0.05) is 17.7 Å². The van der Waals surface area contributed by atoms with Gasteiger partial charge in [0.2, 0.25) is 5.91 Å². The maximum atomic E-state index is 12.1. The Kier molecular flexibility index (Phi) is 9.72. The van der Waals surface area contributed by atoms with E-state index >= 15 is 0 Å². The molecule has 0 radical (unpaired) electrons. The van der Waals surface area contributed by atoms with Crippen LogP contribution in [-0.2, 0) is 15.9 Å². The number of carbonyl (C=O) groups excluding carboxylic acids is 2. The van der Waals surface area contributed by atoms with E-state index in [2.05, 4.69) is 5.32 Å². The van der Waals surface area contributed by atoms with Crippen molar-refractivity contribution < 1.29 is 28.3 Å². The molecule has 2 amide bonds. The van der Waals surface area contributed by atoms with E-state index in [9.17, 15) is 18.4 Å². The predicted octanol–water partition coefficient (Wildman–Crippen LogP) is 2.38. The van der Waals surface area contributed by atoms with Crippen LogP contribution in [-0.4, -0.2) is 44.2 Å². The molecule has 1 unspecified atom stereocenters. The maximum Gasteiger partial charge on any atom is 0.274 e. The monoisotopic (exact) mass is 432 g/mol. The first kappa shape index (κ1) is 23.3. The van der Waals surface area contributed by atoms with E-state index in [-0.39, 0.29) is 11.7 Å². The van der Waals surface area contributed by atoms with Crippen molar-refractivity contribution in [2.75, 3.05) is 12.4 Å². The zero-order chi connectivity index (χ0) is 21.8. The highest BCUT2D eigenvalue weighted by atomic mass is 32.2. The van der Waals surface area contributed by atoms with E-state index < -0.39 is 23.0 Å². The van der Waals surface area contributed by atoms with Crippen molar-refractivity contribution in [1.82, 2.24) is 10.8 Å². The van der Waals surface area contributed by atoms with Crippen LogP contribution in [0.2, 0.25) is 0 Å². The Labute approximate surface area is 177 Å². The average Bonchev–Trinajstić information content (AvgIpc) is 2.75. The lowest BCUT2D eigenvalue weighted by Crippen LogP contribution is -2.38. The maximum absolute atomic E-state index is 12.1. The van der Waals surface area contributed by atoms with Crippen molar-refractivity contribution in [3.05, 3.63) is 71.8 Å². The topological polar surface area (TPSA) is 125 Å². The van der Waals surface area contributed by atoms with Gasteiger partial charge in [0.1, 0.15) is 5.75 Å². The summed E-state index contributed by atoms with van der Waals surface area (Å²) in [6.07, 6.45) is 4.07. The first-order valence-corrected chi connectivity index (χ1v) is 10.5. The second-order valence-electron chi connectivity index (χ2n) is 6.39. The molecule has 2 rings (SSSR count). The fourth-order valence-electron chi connectivity index (χ4n) is 2.64. The number of hydroxylamine groups is 1. The van der Waals surface area contributed by atoms with E-state index in [1.54, 1.807) is 23.7 Å². The van der Waals surface area contributed by atoms with Gasteiger partial charge in [-0.1, -0.05) is 30.3 Å². The van der Waals surface area contributed by atoms with Crippen LogP contribution >= 0.6 is 0 Å². The third-order valence-corrected chi connectivity index (χ3v) is 4.79. The third-order valence-electron chi connectivity index (χ3n) is 4.10. The van der Waals surface area contributed by atoms with Crippen molar-refractivity contribution in [2.45, 2.75) is 18.9 Å². The summed E-state index contributed by atoms with van der Waals surface area (Å²) in [5.41, 5.74) is 2.72. The number of ether oxygens (including phenoxy) is 1. The molecule has 30 heavy (non-hydrogen) atoms. The molecular weight excluding hydrogens is 408 g/mol. The number of amides is 2. The van der Waals surface area contributed by atoms with Gasteiger partial charge in [-0.3, -0.25) is 14.8 Å². The van der Waals surface area contributed by atoms with Crippen LogP contribution in [0.5, 0.6) is 5.75 Å². The number of nitrogens with one attached hydrogen (secondary N) is 2. The molecule has 0 heterocycles. The van der Waals surface area contributed by atoms with Crippen molar-refractivity contribution in [3.63, 3.8) is 0 Å². The molecule has 0 aliphatic carbocycles. The molecule has 4 N–H and O–H groups in total. The number of rotatable bonds is 11. The minimum atomic E-state index is -2.04. The predicted molar refractivity (Wildman–Crippen MR) is 113 cm³/mol. The number of carbonyl (C=O) groups is 2. The Hall–Kier alpha value is -3.01. The van der Waals surface area contributed by atoms with Crippen LogP contribution in [0.1, 0.15) is 28.8 Å². The molecule has 2 aromatic rings. The van der Waals surface area contributed by atoms with E-state index in [1.807, 2.05) is 30.3 Å². The average molecular weight is 432 g/mol. The van der Waals surface area contributed by atoms with E-state index in [0.717, 1.165) is 5.56 Å². The van der Waals surface area contributed by atoms with Gasteiger partial charge in [0.25, 0.3) is 5.91 Å². The van der Waals surface area contributed by atoms with Crippen LogP contribution in [0.4, 0.5) is 0 Å². The molecule has 0 saturated heterocycles. The molecule has 8 nitrogen and oxygen atoms in total. The molecule has 9 heteroatoms. The smallest absolute Gasteiger partial charge is 0.274 e. The minimum Gasteiger partial charge on any atom is -0.494 e. The van der Waals surface area contributed by atoms with Crippen LogP contribution in [0.25, 0.3) is 6.08 Å². The first-order chi connectivity index (χ1) is 14.5. The molecule has 0 aliphatic heterocycles. The summed E-state index contributed by atoms with van der Waals surface area (Å²) in [5, 5.41) is 11.3. The SMILES string of the molecule is O=C(/C=C/c1ccccc1)N[C@@H](CCCOc1ccc(C(=O)NO)cc1)CS(=O)O. The summed E-state index contributed by atoms with van der Waals surface area (Å²) >= 11 is -2.04. The molecule has 2 atom stereocenters. The largest absolute Gasteiger partial charge is 0.494 e. The van der Waals surface area contributed by atoms with Crippen LogP contribution in [0.15, 0.2) is 60.7 Å². The van der Waals surface area contributed by atoms with Crippen molar-refractivity contribution in [2.24, 2.45) is 0 Å². The van der Waals surface area contributed by atoms with Crippen LogP contribution < -0.4 is 15.5 Å². The fraction of sp³-hybridized carbons (Fsp3) is 0.238. The molecule has 0 aliphatic rings. The zero-order valence-electron chi connectivity index (χ0n) is 16.2. The quantitative estimate of drug-likeness (QED) is 0.142. The Morgan fingerprint density at radius 2 is 1.80 bits per heavy atom. The summed E-state index contributed by atoms with van der Waals surface area (Å²) in [7, 11) is 0. The summed E-state index contributed by atoms with van der Waals surface area (Å²) in [6.45, 7) is 0.329. The molecule has 0 fully saturated rings. The summed E-state index contributed by atoms with van der Waals surface area (Å²) in [5.74, 6) is -0.483. The molecule has 0 saturated carbocycles. The number of hydrogen-bond donors (Lipinski definition) is 4. The van der Waals surface area contributed by atoms with E-state index in [1.165, 1.54) is 18.2 Å². The number of hydrogen-bond acceptors (Lipinski definition) is 5. The van der Waals surface area contributed by atoms with Crippen molar-refractivity contribution in [1.29, 1.82) is 0 Å². The molecule has 2 aromatic carbocycles. The van der Waals surface area contributed by atoms with E-state index in [0.29, 0.717) is 30.8 Å². The molecule has 0 bridgehead atoms. The molecule has 0 spiro atoms. The Bertz CT molecular complexity index is 871. The lowest BCUT2D eigenvalue weighted by molar-refractivity contribution is -0.117. The van der Waals surface area contributed by atoms with Gasteiger partial charge < -0.3 is 14.6 Å². The third kappa shape index (κ3) is 8.56. The Morgan fingerprint density at radius 1 is 1.10 bits per heavy atom. The second kappa shape index (κ2) is 12.5. The van der Waals surface area contributed by atoms with Gasteiger partial charge in [-0.15, -0.1) is 0 Å². The van der Waals surface area contributed by atoms with E-state index in [4.69, 9.17) is 9.94 Å². The standard InChI is InChI=1S/C21H24N2O6S/c24-20(13-8-16-5-2-1-3-6-16)22-18(15-30(27)28)7-4-14-29-19-11-9-17(10-12-19)21(25)23-26/h1-3,5-6,8-13,18,26H,4,7,14-15H2,(H,22,24)(H,23,25)(H,27,28)/b13-8+/t18-/m0/s1. The van der Waals surface area contributed by atoms with Gasteiger partial charge >= 0.3 is 0 Å². The highest BCUT2D eigenvalue weighted by Crippen LogP contribution is 2.13. The van der Waals surface area contributed by atoms with Crippen LogP contribution in [0.3, 0.4) is 0 Å². The fourth-order valence-corrected chi connectivity index (χ4v) is 3.24. The molecular formula is C21H24N2O6S. The van der Waals surface area contributed by atoms with Crippen molar-refractivity contribution in [3.8, 4) is 5.75 Å². The lowest BCUT2D eigenvalue weighted by Gasteiger charge is -2.16. The first-order valence-electron chi connectivity index (χ1n) is 9.26. The lowest BCUT2D eigenvalue weighted by atomic mass is 10.1. The normalized spacial score (nSPS) is 12.9. The molecule has 160 valence electrons. The highest BCUT2D eigenvalue weighted by molar-refractivity contribution is 7.79. The van der Waals surface area contributed by atoms with Gasteiger partial charge in [0.15, 0.2) is 11.1 Å². The van der Waals surface area contributed by atoms with Gasteiger partial charge in [-0.25, -0.2) is 9.69 Å². The summed E-state index contributed by atoms with van der Waals surface area (Å²) in [6, 6.07) is 15.1. The molecule has 0 aromatic heterocycles. The summed E-state index contributed by atoms with van der Waals surface area (Å²) in [4.78, 5) is 23.4. The minimum absolute atomic E-state index is 0.0735. The Morgan fingerprint density at radius 3 is 2.43 bits per heavy atom. The van der Waals surface area contributed by atoms with Gasteiger partial charge in [-0.05, 0) is 48.7 Å². The summed E-state index contributed by atoms with van der Waals surface area (Å²) < 4.78 is 26.0. The van der Waals surface area contributed by atoms with Gasteiger partial charge in [0.05, 0.1) is 12.4 Å².